The first-order valence-electron chi connectivity index (χ1n) is 8.25. The van der Waals surface area contributed by atoms with Gasteiger partial charge in [-0.15, -0.1) is 22.0 Å². The second kappa shape index (κ2) is 9.97. The molecular formula is C17H26N6S. The molecule has 0 aliphatic rings. The van der Waals surface area contributed by atoms with Crippen molar-refractivity contribution in [2.24, 2.45) is 4.99 Å². The van der Waals surface area contributed by atoms with E-state index in [4.69, 9.17) is 0 Å². The van der Waals surface area contributed by atoms with Crippen LogP contribution in [0.15, 0.2) is 46.5 Å². The van der Waals surface area contributed by atoms with Crippen molar-refractivity contribution in [3.63, 3.8) is 0 Å². The molecule has 1 heterocycles. The molecule has 0 fully saturated rings. The van der Waals surface area contributed by atoms with E-state index in [1.165, 1.54) is 4.90 Å². The molecule has 2 N–H and O–H groups in total. The van der Waals surface area contributed by atoms with Gasteiger partial charge in [0.25, 0.3) is 0 Å². The molecule has 1 atom stereocenters. The van der Waals surface area contributed by atoms with E-state index in [9.17, 15) is 0 Å². The number of nitrogens with one attached hydrogen (secondary N) is 2. The van der Waals surface area contributed by atoms with Gasteiger partial charge in [0.15, 0.2) is 5.96 Å². The second-order valence-electron chi connectivity index (χ2n) is 5.42. The highest BCUT2D eigenvalue weighted by molar-refractivity contribution is 8.00. The predicted molar refractivity (Wildman–Crippen MR) is 101 cm³/mol. The van der Waals surface area contributed by atoms with E-state index < -0.39 is 0 Å². The number of benzene rings is 1. The molecule has 0 saturated carbocycles. The molecule has 130 valence electrons. The summed E-state index contributed by atoms with van der Waals surface area (Å²) in [7, 11) is 1.79. The molecule has 1 aromatic heterocycles. The van der Waals surface area contributed by atoms with Crippen molar-refractivity contribution in [3.8, 4) is 0 Å². The Bertz CT molecular complexity index is 625. The number of hydrogen-bond donors (Lipinski definition) is 2. The number of rotatable bonds is 8. The van der Waals surface area contributed by atoms with Gasteiger partial charge < -0.3 is 15.2 Å². The van der Waals surface area contributed by atoms with Gasteiger partial charge in [-0.3, -0.25) is 4.99 Å². The minimum Gasteiger partial charge on any atom is -0.355 e. The zero-order chi connectivity index (χ0) is 17.2. The van der Waals surface area contributed by atoms with Crippen LogP contribution in [-0.2, 0) is 13.0 Å². The molecule has 0 amide bonds. The van der Waals surface area contributed by atoms with Gasteiger partial charge in [-0.25, -0.2) is 0 Å². The predicted octanol–water partition coefficient (Wildman–Crippen LogP) is 2.19. The van der Waals surface area contributed by atoms with Crippen LogP contribution in [0, 0.1) is 0 Å². The first kappa shape index (κ1) is 18.3. The summed E-state index contributed by atoms with van der Waals surface area (Å²) in [6, 6.07) is 10.5. The molecule has 0 radical (unpaired) electrons. The van der Waals surface area contributed by atoms with Gasteiger partial charge in [-0.2, -0.15) is 0 Å². The van der Waals surface area contributed by atoms with Gasteiger partial charge in [0.2, 0.25) is 0 Å². The van der Waals surface area contributed by atoms with Gasteiger partial charge >= 0.3 is 0 Å². The monoisotopic (exact) mass is 346 g/mol. The second-order valence-corrected chi connectivity index (χ2v) is 6.93. The average Bonchev–Trinajstić information content (AvgIpc) is 3.06. The number of thioether (sulfide) groups is 1. The highest BCUT2D eigenvalue weighted by atomic mass is 32.2. The number of hydrogen-bond acceptors (Lipinski definition) is 4. The highest BCUT2D eigenvalue weighted by Crippen LogP contribution is 2.21. The largest absolute Gasteiger partial charge is 0.355 e. The summed E-state index contributed by atoms with van der Waals surface area (Å²) < 4.78 is 2.06. The lowest BCUT2D eigenvalue weighted by molar-refractivity contribution is 0.632. The van der Waals surface area contributed by atoms with Gasteiger partial charge in [0.1, 0.15) is 12.2 Å². The summed E-state index contributed by atoms with van der Waals surface area (Å²) in [5, 5.41) is 15.2. The normalized spacial score (nSPS) is 12.9. The van der Waals surface area contributed by atoms with Crippen molar-refractivity contribution in [2.75, 3.05) is 20.1 Å². The molecule has 6 nitrogen and oxygen atoms in total. The lowest BCUT2D eigenvalue weighted by Gasteiger charge is -2.16. The summed E-state index contributed by atoms with van der Waals surface area (Å²) in [6.45, 7) is 6.76. The Balaban J connectivity index is 1.70. The van der Waals surface area contributed by atoms with Crippen molar-refractivity contribution in [1.29, 1.82) is 0 Å². The van der Waals surface area contributed by atoms with Crippen molar-refractivity contribution < 1.29 is 0 Å². The van der Waals surface area contributed by atoms with E-state index in [-0.39, 0.29) is 0 Å². The van der Waals surface area contributed by atoms with E-state index in [1.54, 1.807) is 13.4 Å². The first-order chi connectivity index (χ1) is 11.7. The molecule has 7 heteroatoms. The Morgan fingerprint density at radius 2 is 2.08 bits per heavy atom. The van der Waals surface area contributed by atoms with Gasteiger partial charge in [0, 0.05) is 43.2 Å². The Morgan fingerprint density at radius 1 is 1.29 bits per heavy atom. The lowest BCUT2D eigenvalue weighted by atomic mass is 10.4. The number of aliphatic imine (C=N–C) groups is 1. The van der Waals surface area contributed by atoms with Crippen LogP contribution in [0.3, 0.4) is 0 Å². The van der Waals surface area contributed by atoms with Crippen molar-refractivity contribution in [2.45, 2.75) is 37.0 Å². The summed E-state index contributed by atoms with van der Waals surface area (Å²) >= 11 is 1.86. The summed E-state index contributed by atoms with van der Waals surface area (Å²) in [6.07, 6.45) is 2.66. The van der Waals surface area contributed by atoms with Crippen LogP contribution in [0.5, 0.6) is 0 Å². The average molecular weight is 347 g/mol. The van der Waals surface area contributed by atoms with Crippen molar-refractivity contribution in [1.82, 2.24) is 25.4 Å². The minimum absolute atomic E-state index is 0.454. The Kier molecular flexibility index (Phi) is 7.61. The Morgan fingerprint density at radius 3 is 2.79 bits per heavy atom. The maximum absolute atomic E-state index is 4.27. The van der Waals surface area contributed by atoms with Crippen LogP contribution < -0.4 is 10.6 Å². The van der Waals surface area contributed by atoms with E-state index in [2.05, 4.69) is 68.5 Å². The van der Waals surface area contributed by atoms with Crippen LogP contribution in [0.4, 0.5) is 0 Å². The smallest absolute Gasteiger partial charge is 0.191 e. The van der Waals surface area contributed by atoms with Crippen LogP contribution in [0.1, 0.15) is 19.7 Å². The Hall–Kier alpha value is -2.02. The van der Waals surface area contributed by atoms with E-state index in [1.807, 2.05) is 17.8 Å². The van der Waals surface area contributed by atoms with Gasteiger partial charge in [-0.05, 0) is 12.1 Å². The summed E-state index contributed by atoms with van der Waals surface area (Å²) in [4.78, 5) is 5.56. The molecule has 0 saturated heterocycles. The molecule has 1 unspecified atom stereocenters. The SMILES string of the molecule is CCc1nncn1CCNC(=NC)NCC(C)Sc1ccccc1. The molecule has 2 rings (SSSR count). The molecule has 0 aliphatic heterocycles. The molecule has 2 aromatic rings. The number of nitrogens with zero attached hydrogens (tertiary/aromatic N) is 4. The number of aromatic nitrogens is 3. The van der Waals surface area contributed by atoms with E-state index in [0.717, 1.165) is 37.8 Å². The van der Waals surface area contributed by atoms with E-state index in [0.29, 0.717) is 5.25 Å². The Labute approximate surface area is 148 Å². The zero-order valence-corrected chi connectivity index (χ0v) is 15.4. The third-order valence-electron chi connectivity index (χ3n) is 3.52. The number of guanidine groups is 1. The van der Waals surface area contributed by atoms with Crippen molar-refractivity contribution >= 4 is 17.7 Å². The van der Waals surface area contributed by atoms with Gasteiger partial charge in [-0.1, -0.05) is 32.0 Å². The standard InChI is InChI=1S/C17H26N6S/c1-4-16-22-21-13-23(16)11-10-19-17(18-3)20-12-14(2)24-15-8-6-5-7-9-15/h5-9,13-14H,4,10-12H2,1-3H3,(H2,18,19,20). The quantitative estimate of drug-likeness (QED) is 0.436. The van der Waals surface area contributed by atoms with Crippen LogP contribution in [0.25, 0.3) is 0 Å². The number of aryl methyl sites for hydroxylation is 1. The molecule has 24 heavy (non-hydrogen) atoms. The zero-order valence-electron chi connectivity index (χ0n) is 14.6. The summed E-state index contributed by atoms with van der Waals surface area (Å²) in [5.74, 6) is 1.83. The third-order valence-corrected chi connectivity index (χ3v) is 4.63. The maximum Gasteiger partial charge on any atom is 0.191 e. The van der Waals surface area contributed by atoms with E-state index >= 15 is 0 Å². The topological polar surface area (TPSA) is 67.1 Å². The highest BCUT2D eigenvalue weighted by Gasteiger charge is 2.06. The van der Waals surface area contributed by atoms with Crippen LogP contribution in [0.2, 0.25) is 0 Å². The van der Waals surface area contributed by atoms with Gasteiger partial charge in [0.05, 0.1) is 0 Å². The first-order valence-corrected chi connectivity index (χ1v) is 9.13. The van der Waals surface area contributed by atoms with Crippen LogP contribution in [-0.4, -0.2) is 46.1 Å². The van der Waals surface area contributed by atoms with Crippen LogP contribution >= 0.6 is 11.8 Å². The molecule has 0 aliphatic carbocycles. The maximum atomic E-state index is 4.27. The molecular weight excluding hydrogens is 320 g/mol. The lowest BCUT2D eigenvalue weighted by Crippen LogP contribution is -2.41. The van der Waals surface area contributed by atoms with Crippen molar-refractivity contribution in [3.05, 3.63) is 42.5 Å². The minimum atomic E-state index is 0.454. The fourth-order valence-electron chi connectivity index (χ4n) is 2.27. The third kappa shape index (κ3) is 5.88. The molecule has 1 aromatic carbocycles. The fraction of sp³-hybridized carbons (Fsp3) is 0.471. The fourth-order valence-corrected chi connectivity index (χ4v) is 3.21. The summed E-state index contributed by atoms with van der Waals surface area (Å²) in [5.41, 5.74) is 0. The molecule has 0 bridgehead atoms. The molecule has 0 spiro atoms.